The van der Waals surface area contributed by atoms with Gasteiger partial charge in [0.15, 0.2) is 0 Å². The number of hydrogen-bond donors (Lipinski definition) is 1. The zero-order valence-electron chi connectivity index (χ0n) is 10.6. The summed E-state index contributed by atoms with van der Waals surface area (Å²) in [4.78, 5) is 6.53. The maximum Gasteiger partial charge on any atom is 0.127 e. The number of rotatable bonds is 4. The molecule has 0 bridgehead atoms. The van der Waals surface area contributed by atoms with Gasteiger partial charge in [-0.05, 0) is 24.8 Å². The highest BCUT2D eigenvalue weighted by molar-refractivity contribution is 5.53. The van der Waals surface area contributed by atoms with Crippen molar-refractivity contribution < 1.29 is 4.74 Å². The molecule has 0 amide bonds. The topological polar surface area (TPSA) is 37.4 Å². The monoisotopic (exact) mass is 235 g/mol. The Balaban J connectivity index is 1.95. The van der Waals surface area contributed by atoms with Gasteiger partial charge >= 0.3 is 0 Å². The fourth-order valence-corrected chi connectivity index (χ4v) is 2.22. The number of nitrogens with zero attached hydrogens (tertiary/aromatic N) is 2. The van der Waals surface area contributed by atoms with Gasteiger partial charge in [0.05, 0.1) is 0 Å². The highest BCUT2D eigenvalue weighted by Gasteiger charge is 2.16. The third kappa shape index (κ3) is 3.33. The Morgan fingerprint density at radius 2 is 2.24 bits per heavy atom. The van der Waals surface area contributed by atoms with Gasteiger partial charge in [-0.15, -0.1) is 0 Å². The van der Waals surface area contributed by atoms with E-state index in [1.54, 1.807) is 0 Å². The minimum absolute atomic E-state index is 0.750. The van der Waals surface area contributed by atoms with Crippen molar-refractivity contribution in [2.45, 2.75) is 12.8 Å². The quantitative estimate of drug-likeness (QED) is 0.866. The van der Waals surface area contributed by atoms with Crippen LogP contribution < -0.4 is 10.2 Å². The van der Waals surface area contributed by atoms with Crippen LogP contribution in [0.2, 0.25) is 0 Å². The van der Waals surface area contributed by atoms with Crippen LogP contribution in [0.5, 0.6) is 0 Å². The summed E-state index contributed by atoms with van der Waals surface area (Å²) in [5.41, 5.74) is 1.22. The summed E-state index contributed by atoms with van der Waals surface area (Å²) in [6, 6.07) is 4.14. The minimum atomic E-state index is 0.750. The molecule has 0 aliphatic carbocycles. The fraction of sp³-hybridized carbons (Fsp3) is 0.615. The van der Waals surface area contributed by atoms with Crippen molar-refractivity contribution in [1.29, 1.82) is 0 Å². The van der Waals surface area contributed by atoms with Crippen LogP contribution in [0.4, 0.5) is 11.5 Å². The van der Waals surface area contributed by atoms with Crippen molar-refractivity contribution >= 4 is 11.5 Å². The van der Waals surface area contributed by atoms with E-state index in [1.165, 1.54) is 18.5 Å². The summed E-state index contributed by atoms with van der Waals surface area (Å²) in [7, 11) is 4.04. The Hall–Kier alpha value is -1.29. The Labute approximate surface area is 103 Å². The van der Waals surface area contributed by atoms with Gasteiger partial charge in [-0.1, -0.05) is 0 Å². The molecule has 2 rings (SSSR count). The Morgan fingerprint density at radius 1 is 1.47 bits per heavy atom. The Kier molecular flexibility index (Phi) is 4.20. The molecule has 1 aromatic rings. The summed E-state index contributed by atoms with van der Waals surface area (Å²) in [6.45, 7) is 2.92. The lowest BCUT2D eigenvalue weighted by Gasteiger charge is -2.28. The third-order valence-corrected chi connectivity index (χ3v) is 3.31. The summed E-state index contributed by atoms with van der Waals surface area (Å²) in [6.07, 6.45) is 4.20. The van der Waals surface area contributed by atoms with E-state index in [9.17, 15) is 0 Å². The van der Waals surface area contributed by atoms with Crippen LogP contribution in [-0.4, -0.2) is 38.8 Å². The molecule has 1 aromatic heterocycles. The van der Waals surface area contributed by atoms with Crippen LogP contribution in [-0.2, 0) is 4.74 Å². The highest BCUT2D eigenvalue weighted by Crippen LogP contribution is 2.21. The predicted molar refractivity (Wildman–Crippen MR) is 70.6 cm³/mol. The molecule has 0 aromatic carbocycles. The second-order valence-corrected chi connectivity index (χ2v) is 4.59. The van der Waals surface area contributed by atoms with E-state index in [4.69, 9.17) is 4.74 Å². The maximum atomic E-state index is 5.38. The molecule has 4 nitrogen and oxygen atoms in total. The fourth-order valence-electron chi connectivity index (χ4n) is 2.22. The molecule has 0 atom stereocenters. The molecule has 1 aliphatic rings. The van der Waals surface area contributed by atoms with Gasteiger partial charge in [-0.2, -0.15) is 0 Å². The van der Waals surface area contributed by atoms with Crippen molar-refractivity contribution in [2.24, 2.45) is 5.92 Å². The molecule has 1 saturated heterocycles. The number of ether oxygens (including phenoxy) is 1. The van der Waals surface area contributed by atoms with Crippen LogP contribution in [0.3, 0.4) is 0 Å². The van der Waals surface area contributed by atoms with Gasteiger partial charge in [0.25, 0.3) is 0 Å². The SMILES string of the molecule is CNc1cc(N(C)CC2CCOCC2)ccn1. The normalized spacial score (nSPS) is 16.8. The van der Waals surface area contributed by atoms with E-state index < -0.39 is 0 Å². The molecular formula is C13H21N3O. The summed E-state index contributed by atoms with van der Waals surface area (Å²) in [5, 5.41) is 3.07. The number of pyridine rings is 1. The molecule has 2 heterocycles. The number of nitrogens with one attached hydrogen (secondary N) is 1. The summed E-state index contributed by atoms with van der Waals surface area (Å²) >= 11 is 0. The second kappa shape index (κ2) is 5.87. The Morgan fingerprint density at radius 3 is 2.94 bits per heavy atom. The molecule has 1 aliphatic heterocycles. The van der Waals surface area contributed by atoms with Gasteiger partial charge in [0.1, 0.15) is 5.82 Å². The van der Waals surface area contributed by atoms with Crippen molar-refractivity contribution in [3.8, 4) is 0 Å². The minimum Gasteiger partial charge on any atom is -0.381 e. The molecule has 0 saturated carbocycles. The van der Waals surface area contributed by atoms with E-state index in [2.05, 4.69) is 34.4 Å². The molecular weight excluding hydrogens is 214 g/mol. The predicted octanol–water partition coefficient (Wildman–Crippen LogP) is 1.99. The van der Waals surface area contributed by atoms with Gasteiger partial charge in [-0.3, -0.25) is 0 Å². The van der Waals surface area contributed by atoms with E-state index in [0.29, 0.717) is 0 Å². The van der Waals surface area contributed by atoms with Gasteiger partial charge in [0.2, 0.25) is 0 Å². The van der Waals surface area contributed by atoms with Gasteiger partial charge in [0, 0.05) is 51.8 Å². The average Bonchev–Trinajstić information content (AvgIpc) is 2.40. The maximum absolute atomic E-state index is 5.38. The molecule has 1 N–H and O–H groups in total. The van der Waals surface area contributed by atoms with Crippen molar-refractivity contribution in [1.82, 2.24) is 4.98 Å². The van der Waals surface area contributed by atoms with Gasteiger partial charge in [-0.25, -0.2) is 4.98 Å². The van der Waals surface area contributed by atoms with E-state index >= 15 is 0 Å². The van der Waals surface area contributed by atoms with Crippen LogP contribution in [0.15, 0.2) is 18.3 Å². The lowest BCUT2D eigenvalue weighted by atomic mass is 10.00. The molecule has 17 heavy (non-hydrogen) atoms. The first-order chi connectivity index (χ1) is 8.29. The van der Waals surface area contributed by atoms with Crippen molar-refractivity contribution in [3.63, 3.8) is 0 Å². The van der Waals surface area contributed by atoms with Crippen LogP contribution >= 0.6 is 0 Å². The molecule has 0 unspecified atom stereocenters. The van der Waals surface area contributed by atoms with Gasteiger partial charge < -0.3 is 15.0 Å². The lowest BCUT2D eigenvalue weighted by Crippen LogP contribution is -2.29. The van der Waals surface area contributed by atoms with E-state index in [-0.39, 0.29) is 0 Å². The molecule has 4 heteroatoms. The van der Waals surface area contributed by atoms with E-state index in [1.807, 2.05) is 13.2 Å². The highest BCUT2D eigenvalue weighted by atomic mass is 16.5. The zero-order chi connectivity index (χ0) is 12.1. The second-order valence-electron chi connectivity index (χ2n) is 4.59. The van der Waals surface area contributed by atoms with Crippen LogP contribution in [0.1, 0.15) is 12.8 Å². The molecule has 1 fully saturated rings. The van der Waals surface area contributed by atoms with E-state index in [0.717, 1.165) is 31.5 Å². The number of aromatic nitrogens is 1. The zero-order valence-corrected chi connectivity index (χ0v) is 10.6. The number of hydrogen-bond acceptors (Lipinski definition) is 4. The third-order valence-electron chi connectivity index (χ3n) is 3.31. The first-order valence-corrected chi connectivity index (χ1v) is 6.22. The molecule has 0 radical (unpaired) electrons. The van der Waals surface area contributed by atoms with Crippen LogP contribution in [0.25, 0.3) is 0 Å². The average molecular weight is 235 g/mol. The Bertz CT molecular complexity index is 350. The molecule has 94 valence electrons. The lowest BCUT2D eigenvalue weighted by molar-refractivity contribution is 0.0685. The largest absolute Gasteiger partial charge is 0.381 e. The van der Waals surface area contributed by atoms with Crippen LogP contribution in [0, 0.1) is 5.92 Å². The molecule has 0 spiro atoms. The van der Waals surface area contributed by atoms with Crippen molar-refractivity contribution in [3.05, 3.63) is 18.3 Å². The summed E-state index contributed by atoms with van der Waals surface area (Å²) in [5.74, 6) is 1.67. The van der Waals surface area contributed by atoms with Crippen molar-refractivity contribution in [2.75, 3.05) is 44.1 Å². The first-order valence-electron chi connectivity index (χ1n) is 6.22. The summed E-state index contributed by atoms with van der Waals surface area (Å²) < 4.78 is 5.38. The standard InChI is InChI=1S/C13H21N3O/c1-14-13-9-12(3-6-15-13)16(2)10-11-4-7-17-8-5-11/h3,6,9,11H,4-5,7-8,10H2,1-2H3,(H,14,15). The first kappa shape index (κ1) is 12.2. The smallest absolute Gasteiger partial charge is 0.127 e. The number of anilines is 2.